The van der Waals surface area contributed by atoms with E-state index in [1.165, 1.54) is 16.7 Å². The molecule has 0 heterocycles. The van der Waals surface area contributed by atoms with Crippen LogP contribution in [0.2, 0.25) is 14.8 Å². The van der Waals surface area contributed by atoms with Crippen LogP contribution >= 0.6 is 0 Å². The Kier molecular flexibility index (Phi) is 3.11. The summed E-state index contributed by atoms with van der Waals surface area (Å²) in [6.45, 7) is 6.67. The van der Waals surface area contributed by atoms with Crippen molar-refractivity contribution in [3.05, 3.63) is 28.8 Å². The third-order valence-corrected chi connectivity index (χ3v) is 8.80. The van der Waals surface area contributed by atoms with Crippen molar-refractivity contribution in [1.82, 2.24) is 0 Å². The third-order valence-electron chi connectivity index (χ3n) is 2.65. The van der Waals surface area contributed by atoms with Gasteiger partial charge in [-0.2, -0.15) is 0 Å². The molecule has 0 aliphatic rings. The molecule has 0 saturated carbocycles. The first-order valence-electron chi connectivity index (χ1n) is 4.90. The fourth-order valence-electron chi connectivity index (χ4n) is 1.77. The van der Waals surface area contributed by atoms with E-state index in [0.717, 1.165) is 0 Å². The first-order chi connectivity index (χ1) is 5.82. The third kappa shape index (κ3) is 2.49. The van der Waals surface area contributed by atoms with Crippen LogP contribution in [0.3, 0.4) is 0 Å². The predicted molar refractivity (Wildman–Crippen MR) is 63.6 cm³/mol. The standard InChI is InChI=1S/C9H11.3CH3.Sn/c1-7-4-5-8(2)9(3)6-7;;;;/h5-6H,1-3H3;3*1H3;. The first-order valence-corrected chi connectivity index (χ1v) is 14.9. The van der Waals surface area contributed by atoms with E-state index in [2.05, 4.69) is 47.7 Å². The second-order valence-corrected chi connectivity index (χ2v) is 19.4. The molecule has 0 spiro atoms. The Bertz CT molecular complexity index is 319. The van der Waals surface area contributed by atoms with Gasteiger partial charge in [0.1, 0.15) is 0 Å². The SMILES string of the molecule is Cc1cc(C)[c]([Sn]([CH3])([CH3])[CH3])cc1C. The Hall–Kier alpha value is 0.0187. The van der Waals surface area contributed by atoms with Gasteiger partial charge in [0.15, 0.2) is 0 Å². The van der Waals surface area contributed by atoms with Crippen molar-refractivity contribution < 1.29 is 0 Å². The predicted octanol–water partition coefficient (Wildman–Crippen LogP) is 3.16. The van der Waals surface area contributed by atoms with Gasteiger partial charge < -0.3 is 0 Å². The van der Waals surface area contributed by atoms with Crippen LogP contribution in [0.1, 0.15) is 16.7 Å². The minimum atomic E-state index is -1.85. The summed E-state index contributed by atoms with van der Waals surface area (Å²) in [5.41, 5.74) is 4.38. The van der Waals surface area contributed by atoms with E-state index in [1.807, 2.05) is 0 Å². The summed E-state index contributed by atoms with van der Waals surface area (Å²) < 4.78 is 1.68. The van der Waals surface area contributed by atoms with Gasteiger partial charge in [-0.15, -0.1) is 0 Å². The van der Waals surface area contributed by atoms with Crippen LogP contribution in [0.4, 0.5) is 0 Å². The van der Waals surface area contributed by atoms with Crippen LogP contribution in [0.15, 0.2) is 12.1 Å². The topological polar surface area (TPSA) is 0 Å². The van der Waals surface area contributed by atoms with Gasteiger partial charge in [-0.25, -0.2) is 0 Å². The van der Waals surface area contributed by atoms with Crippen LogP contribution in [-0.4, -0.2) is 18.4 Å². The van der Waals surface area contributed by atoms with Gasteiger partial charge >= 0.3 is 86.4 Å². The van der Waals surface area contributed by atoms with Crippen LogP contribution in [-0.2, 0) is 0 Å². The summed E-state index contributed by atoms with van der Waals surface area (Å²) >= 11 is -1.85. The molecule has 1 aromatic carbocycles. The molecule has 0 aromatic heterocycles. The maximum atomic E-state index is 2.48. The molecule has 0 amide bonds. The molecule has 72 valence electrons. The number of hydrogen-bond acceptors (Lipinski definition) is 0. The van der Waals surface area contributed by atoms with Crippen LogP contribution in [0.5, 0.6) is 0 Å². The molecule has 0 radical (unpaired) electrons. The summed E-state index contributed by atoms with van der Waals surface area (Å²) in [4.78, 5) is 7.43. The van der Waals surface area contributed by atoms with Crippen molar-refractivity contribution in [2.75, 3.05) is 0 Å². The molecule has 0 bridgehead atoms. The average Bonchev–Trinajstić information content (AvgIpc) is 1.94. The Balaban J connectivity index is 3.32. The fourth-order valence-corrected chi connectivity index (χ4v) is 7.20. The summed E-state index contributed by atoms with van der Waals surface area (Å²) in [6, 6.07) is 4.76. The van der Waals surface area contributed by atoms with E-state index < -0.39 is 18.4 Å². The van der Waals surface area contributed by atoms with Gasteiger partial charge in [0, 0.05) is 0 Å². The molecule has 0 saturated heterocycles. The number of hydrogen-bond donors (Lipinski definition) is 0. The normalized spacial score (nSPS) is 11.8. The molecular formula is C12H20Sn. The van der Waals surface area contributed by atoms with Gasteiger partial charge in [-0.1, -0.05) is 0 Å². The zero-order valence-electron chi connectivity index (χ0n) is 9.65. The molecule has 0 fully saturated rings. The first kappa shape index (κ1) is 11.1. The summed E-state index contributed by atoms with van der Waals surface area (Å²) in [5, 5.41) is 0. The quantitative estimate of drug-likeness (QED) is 0.694. The van der Waals surface area contributed by atoms with E-state index >= 15 is 0 Å². The van der Waals surface area contributed by atoms with Crippen molar-refractivity contribution in [3.63, 3.8) is 0 Å². The Labute approximate surface area is 86.2 Å². The van der Waals surface area contributed by atoms with Crippen LogP contribution in [0, 0.1) is 20.8 Å². The molecule has 0 unspecified atom stereocenters. The second-order valence-electron chi connectivity index (χ2n) is 5.00. The second kappa shape index (κ2) is 3.64. The monoisotopic (exact) mass is 284 g/mol. The van der Waals surface area contributed by atoms with E-state index in [4.69, 9.17) is 0 Å². The van der Waals surface area contributed by atoms with Crippen molar-refractivity contribution in [2.24, 2.45) is 0 Å². The Morgan fingerprint density at radius 3 is 1.69 bits per heavy atom. The molecule has 0 atom stereocenters. The van der Waals surface area contributed by atoms with Crippen molar-refractivity contribution in [2.45, 2.75) is 35.6 Å². The van der Waals surface area contributed by atoms with E-state index in [-0.39, 0.29) is 0 Å². The van der Waals surface area contributed by atoms with Gasteiger partial charge in [-0.05, 0) is 0 Å². The zero-order chi connectivity index (χ0) is 10.2. The molecule has 1 rings (SSSR count). The summed E-state index contributed by atoms with van der Waals surface area (Å²) in [7, 11) is 0. The Morgan fingerprint density at radius 2 is 1.23 bits per heavy atom. The molecule has 0 N–H and O–H groups in total. The molecule has 0 aliphatic carbocycles. The average molecular weight is 283 g/mol. The fraction of sp³-hybridized carbons (Fsp3) is 0.500. The molecule has 0 nitrogen and oxygen atoms in total. The zero-order valence-corrected chi connectivity index (χ0v) is 12.5. The van der Waals surface area contributed by atoms with Crippen molar-refractivity contribution in [3.8, 4) is 0 Å². The van der Waals surface area contributed by atoms with Crippen LogP contribution < -0.4 is 3.58 Å². The number of rotatable bonds is 1. The van der Waals surface area contributed by atoms with E-state index in [1.54, 1.807) is 3.58 Å². The molecule has 13 heavy (non-hydrogen) atoms. The van der Waals surface area contributed by atoms with Gasteiger partial charge in [0.25, 0.3) is 0 Å². The van der Waals surface area contributed by atoms with Crippen LogP contribution in [0.25, 0.3) is 0 Å². The summed E-state index contributed by atoms with van der Waals surface area (Å²) in [6.07, 6.45) is 0. The number of aryl methyl sites for hydroxylation is 3. The summed E-state index contributed by atoms with van der Waals surface area (Å²) in [5.74, 6) is 0. The van der Waals surface area contributed by atoms with E-state index in [9.17, 15) is 0 Å². The van der Waals surface area contributed by atoms with Crippen molar-refractivity contribution >= 4 is 22.0 Å². The molecular weight excluding hydrogens is 263 g/mol. The van der Waals surface area contributed by atoms with Crippen molar-refractivity contribution in [1.29, 1.82) is 0 Å². The Morgan fingerprint density at radius 1 is 0.769 bits per heavy atom. The molecule has 0 aliphatic heterocycles. The number of benzene rings is 1. The molecule has 1 heteroatoms. The minimum absolute atomic E-state index is 1.43. The van der Waals surface area contributed by atoms with Gasteiger partial charge in [-0.3, -0.25) is 0 Å². The van der Waals surface area contributed by atoms with Gasteiger partial charge in [0.05, 0.1) is 0 Å². The molecule has 1 aromatic rings. The maximum absolute atomic E-state index is 2.48. The van der Waals surface area contributed by atoms with Gasteiger partial charge in [0.2, 0.25) is 0 Å². The van der Waals surface area contributed by atoms with E-state index in [0.29, 0.717) is 0 Å².